The van der Waals surface area contributed by atoms with Gasteiger partial charge in [-0.3, -0.25) is 0 Å². The maximum Gasteiger partial charge on any atom is 0.123 e. The predicted octanol–water partition coefficient (Wildman–Crippen LogP) is 8.65. The number of allylic oxidation sites excluding steroid dienone is 4. The van der Waals surface area contributed by atoms with Crippen LogP contribution in [0, 0.1) is 11.7 Å². The molecular weight excluding hydrogens is 428 g/mol. The van der Waals surface area contributed by atoms with Crippen LogP contribution in [-0.2, 0) is 18.6 Å². The molecule has 0 spiro atoms. The zero-order valence-electron chi connectivity index (χ0n) is 18.5. The molecule has 0 saturated heterocycles. The Morgan fingerprint density at radius 2 is 1.63 bits per heavy atom. The van der Waals surface area contributed by atoms with Crippen molar-refractivity contribution < 1.29 is 22.9 Å². The molecule has 1 saturated carbocycles. The monoisotopic (exact) mass is 468 g/mol. The van der Waals surface area contributed by atoms with Crippen LogP contribution in [0.15, 0.2) is 53.0 Å². The van der Waals surface area contributed by atoms with Gasteiger partial charge in [0.1, 0.15) is 5.82 Å². The van der Waals surface area contributed by atoms with Crippen LogP contribution in [0.2, 0.25) is 0 Å². The van der Waals surface area contributed by atoms with Crippen molar-refractivity contribution >= 4 is 17.5 Å². The van der Waals surface area contributed by atoms with E-state index in [1.54, 1.807) is 0 Å². The van der Waals surface area contributed by atoms with Crippen molar-refractivity contribution in [1.29, 1.82) is 0 Å². The molecule has 4 heteroatoms. The van der Waals surface area contributed by atoms with Crippen LogP contribution in [0.3, 0.4) is 0 Å². The Labute approximate surface area is 201 Å². The average Bonchev–Trinajstić information content (AvgIpc) is 3.13. The third-order valence-electron chi connectivity index (χ3n) is 5.27. The molecular formula is C26H40FNSV. The van der Waals surface area contributed by atoms with E-state index in [-0.39, 0.29) is 31.8 Å². The molecule has 1 radical (unpaired) electrons. The molecule has 0 N–H and O–H groups in total. The maximum atomic E-state index is 13.1. The summed E-state index contributed by atoms with van der Waals surface area (Å²) in [5.74, 6) is 1.80. The van der Waals surface area contributed by atoms with Gasteiger partial charge in [0.25, 0.3) is 0 Å². The van der Waals surface area contributed by atoms with Crippen LogP contribution >= 0.6 is 11.8 Å². The van der Waals surface area contributed by atoms with Crippen LogP contribution in [0.25, 0.3) is 5.70 Å². The zero-order chi connectivity index (χ0) is 20.4. The van der Waals surface area contributed by atoms with E-state index >= 15 is 0 Å². The number of hydrogen-bond donors (Lipinski definition) is 0. The Hall–Kier alpha value is -0.896. The largest absolute Gasteiger partial charge is 0.364 e. The Morgan fingerprint density at radius 1 is 1.00 bits per heavy atom. The topological polar surface area (TPSA) is 3.24 Å². The number of hydrogen-bond acceptors (Lipinski definition) is 2. The first-order chi connectivity index (χ1) is 13.6. The second-order valence-corrected chi connectivity index (χ2v) is 8.49. The molecule has 1 aromatic rings. The number of rotatable bonds is 2. The summed E-state index contributed by atoms with van der Waals surface area (Å²) in [6.07, 6.45) is 16.4. The van der Waals surface area contributed by atoms with Crippen molar-refractivity contribution in [2.75, 3.05) is 12.9 Å². The predicted molar refractivity (Wildman–Crippen MR) is 130 cm³/mol. The normalized spacial score (nSPS) is 18.2. The Kier molecular flexibility index (Phi) is 15.4. The molecule has 0 atom stereocenters. The van der Waals surface area contributed by atoms with Crippen molar-refractivity contribution in [2.24, 2.45) is 5.92 Å². The van der Waals surface area contributed by atoms with E-state index in [9.17, 15) is 4.39 Å². The first-order valence-electron chi connectivity index (χ1n) is 10.9. The van der Waals surface area contributed by atoms with Crippen LogP contribution in [0.5, 0.6) is 0 Å². The molecule has 167 valence electrons. The molecule has 0 amide bonds. The fraction of sp³-hybridized carbons (Fsp3) is 0.538. The average molecular weight is 469 g/mol. The van der Waals surface area contributed by atoms with Crippen molar-refractivity contribution in [1.82, 2.24) is 4.90 Å². The number of thioether (sulfide) groups is 1. The van der Waals surface area contributed by atoms with Gasteiger partial charge >= 0.3 is 0 Å². The van der Waals surface area contributed by atoms with E-state index in [1.165, 1.54) is 60.4 Å². The van der Waals surface area contributed by atoms with Gasteiger partial charge < -0.3 is 4.90 Å². The molecule has 4 rings (SSSR count). The van der Waals surface area contributed by atoms with Gasteiger partial charge in [-0.2, -0.15) is 0 Å². The summed E-state index contributed by atoms with van der Waals surface area (Å²) < 4.78 is 13.1. The number of halogens is 1. The molecule has 3 aliphatic rings. The molecule has 30 heavy (non-hydrogen) atoms. The van der Waals surface area contributed by atoms with Crippen molar-refractivity contribution in [3.8, 4) is 0 Å². The quantitative estimate of drug-likeness (QED) is 0.427. The molecule has 0 bridgehead atoms. The van der Waals surface area contributed by atoms with E-state index in [4.69, 9.17) is 0 Å². The fourth-order valence-electron chi connectivity index (χ4n) is 3.74. The van der Waals surface area contributed by atoms with Gasteiger partial charge in [0, 0.05) is 30.5 Å². The summed E-state index contributed by atoms with van der Waals surface area (Å²) in [7, 11) is 2.09. The molecule has 1 heterocycles. The van der Waals surface area contributed by atoms with Crippen LogP contribution in [0.4, 0.5) is 4.39 Å². The maximum absolute atomic E-state index is 13.1. The van der Waals surface area contributed by atoms with E-state index in [1.807, 2.05) is 37.7 Å². The van der Waals surface area contributed by atoms with E-state index in [2.05, 4.69) is 37.1 Å². The standard InChI is InChI=1S/C16H16FNS.C7H14.C2H6.CH4.V/c1-18-11-19-16(13-5-3-2-4-6-13)15(18)12-7-9-14(17)10-8-12;1-7-5-3-2-4-6-7;1-2;;/h3,5-10H,2,4,11H2,1H3;7H,2-6H2,1H3;1-2H3;1H4;. The SMILES string of the molecule is C.CC.CC1CCCCC1.CN1CSC(C2=CCCC=C2)=C1c1ccc(F)cc1.[V]. The molecule has 0 aromatic heterocycles. The van der Waals surface area contributed by atoms with Gasteiger partial charge in [-0.15, -0.1) is 11.8 Å². The van der Waals surface area contributed by atoms with E-state index in [0.29, 0.717) is 0 Å². The number of nitrogens with zero attached hydrogens (tertiary/aromatic N) is 1. The second kappa shape index (κ2) is 15.8. The summed E-state index contributed by atoms with van der Waals surface area (Å²) in [6.45, 7) is 6.36. The first-order valence-corrected chi connectivity index (χ1v) is 11.8. The molecule has 1 fully saturated rings. The Morgan fingerprint density at radius 3 is 2.13 bits per heavy atom. The van der Waals surface area contributed by atoms with Crippen LogP contribution in [0.1, 0.15) is 78.7 Å². The smallest absolute Gasteiger partial charge is 0.123 e. The molecule has 0 unspecified atom stereocenters. The first kappa shape index (κ1) is 29.1. The van der Waals surface area contributed by atoms with Gasteiger partial charge in [-0.1, -0.05) is 78.5 Å². The van der Waals surface area contributed by atoms with Gasteiger partial charge in [0.05, 0.1) is 11.6 Å². The van der Waals surface area contributed by atoms with Gasteiger partial charge in [0.15, 0.2) is 0 Å². The number of benzene rings is 1. The van der Waals surface area contributed by atoms with Gasteiger partial charge in [-0.25, -0.2) is 4.39 Å². The minimum absolute atomic E-state index is 0. The summed E-state index contributed by atoms with van der Waals surface area (Å²) in [6, 6.07) is 6.78. The minimum Gasteiger partial charge on any atom is -0.364 e. The Balaban J connectivity index is 0.000000652. The van der Waals surface area contributed by atoms with Gasteiger partial charge in [0.2, 0.25) is 0 Å². The van der Waals surface area contributed by atoms with E-state index < -0.39 is 0 Å². The molecule has 1 aliphatic heterocycles. The van der Waals surface area contributed by atoms with Crippen molar-refractivity contribution in [3.05, 3.63) is 64.4 Å². The fourth-order valence-corrected chi connectivity index (χ4v) is 4.92. The van der Waals surface area contributed by atoms with Gasteiger partial charge in [-0.05, 0) is 54.2 Å². The molecule has 1 nitrogen and oxygen atoms in total. The van der Waals surface area contributed by atoms with E-state index in [0.717, 1.165) is 30.2 Å². The molecule has 1 aromatic carbocycles. The van der Waals surface area contributed by atoms with Crippen molar-refractivity contribution in [2.45, 2.75) is 73.1 Å². The summed E-state index contributed by atoms with van der Waals surface area (Å²) >= 11 is 1.86. The summed E-state index contributed by atoms with van der Waals surface area (Å²) in [4.78, 5) is 3.54. The van der Waals surface area contributed by atoms with Crippen molar-refractivity contribution in [3.63, 3.8) is 0 Å². The third-order valence-corrected chi connectivity index (χ3v) is 6.50. The van der Waals surface area contributed by atoms with Crippen LogP contribution < -0.4 is 0 Å². The van der Waals surface area contributed by atoms with Crippen LogP contribution in [-0.4, -0.2) is 17.8 Å². The second-order valence-electron chi connectivity index (χ2n) is 7.54. The zero-order valence-corrected chi connectivity index (χ0v) is 20.7. The summed E-state index contributed by atoms with van der Waals surface area (Å²) in [5, 5.41) is 0. The minimum atomic E-state index is -0.184. The Bertz CT molecular complexity index is 687. The molecule has 2 aliphatic carbocycles. The third kappa shape index (κ3) is 8.69. The summed E-state index contributed by atoms with van der Waals surface area (Å²) in [5.41, 5.74) is 3.60.